The molecule has 4 aromatic rings. The molecule has 0 saturated carbocycles. The number of hydrogen-bond donors (Lipinski definition) is 0. The van der Waals surface area contributed by atoms with Crippen molar-refractivity contribution in [3.63, 3.8) is 0 Å². The maximum Gasteiger partial charge on any atom is 0.253 e. The highest BCUT2D eigenvalue weighted by Crippen LogP contribution is 2.31. The van der Waals surface area contributed by atoms with E-state index in [2.05, 4.69) is 52.5 Å². The van der Waals surface area contributed by atoms with Gasteiger partial charge in [-0.25, -0.2) is 9.67 Å². The molecule has 5 nitrogen and oxygen atoms in total. The molecule has 1 saturated heterocycles. The van der Waals surface area contributed by atoms with Gasteiger partial charge in [0.2, 0.25) is 0 Å². The molecule has 0 aliphatic carbocycles. The summed E-state index contributed by atoms with van der Waals surface area (Å²) in [6.07, 6.45) is 3.64. The second-order valence-electron chi connectivity index (χ2n) is 6.50. The zero-order chi connectivity index (χ0) is 18.1. The van der Waals surface area contributed by atoms with Crippen LogP contribution < -0.4 is 4.90 Å². The highest BCUT2D eigenvalue weighted by molar-refractivity contribution is 7.99. The van der Waals surface area contributed by atoms with E-state index < -0.39 is 0 Å². The number of nitrogens with zero attached hydrogens (tertiary/aromatic N) is 5. The molecule has 134 valence electrons. The van der Waals surface area contributed by atoms with E-state index in [1.807, 2.05) is 30.1 Å². The van der Waals surface area contributed by atoms with Crippen molar-refractivity contribution in [2.24, 2.45) is 0 Å². The van der Waals surface area contributed by atoms with Gasteiger partial charge in [0, 0.05) is 42.4 Å². The first-order valence-electron chi connectivity index (χ1n) is 9.08. The van der Waals surface area contributed by atoms with Crippen molar-refractivity contribution in [1.29, 1.82) is 0 Å². The van der Waals surface area contributed by atoms with E-state index >= 15 is 0 Å². The average Bonchev–Trinajstić information content (AvgIpc) is 3.29. The molecule has 0 amide bonds. The molecule has 0 bridgehead atoms. The number of thioether (sulfide) groups is 1. The standard InChI is InChI=1S/C21H19N5S/c1-2-5-16(6-3-1)17-7-8-19-18(15-17)20(25-11-13-27-14-12-25)24-21(23-19)26-10-4-9-22-26/h1-10,15H,11-14H2. The van der Waals surface area contributed by atoms with Gasteiger partial charge in [-0.3, -0.25) is 0 Å². The lowest BCUT2D eigenvalue weighted by molar-refractivity contribution is 0.792. The number of rotatable bonds is 3. The summed E-state index contributed by atoms with van der Waals surface area (Å²) in [5, 5.41) is 5.41. The van der Waals surface area contributed by atoms with Crippen LogP contribution in [0.3, 0.4) is 0 Å². The predicted molar refractivity (Wildman–Crippen MR) is 112 cm³/mol. The van der Waals surface area contributed by atoms with Gasteiger partial charge in [-0.2, -0.15) is 21.8 Å². The summed E-state index contributed by atoms with van der Waals surface area (Å²) < 4.78 is 1.73. The van der Waals surface area contributed by atoms with Crippen LogP contribution in [-0.2, 0) is 0 Å². The predicted octanol–water partition coefficient (Wildman–Crippen LogP) is 4.04. The van der Waals surface area contributed by atoms with Crippen molar-refractivity contribution in [3.05, 3.63) is 67.0 Å². The van der Waals surface area contributed by atoms with Crippen molar-refractivity contribution in [1.82, 2.24) is 19.7 Å². The van der Waals surface area contributed by atoms with E-state index in [1.54, 1.807) is 10.9 Å². The van der Waals surface area contributed by atoms with E-state index in [0.717, 1.165) is 41.3 Å². The minimum absolute atomic E-state index is 0.619. The van der Waals surface area contributed by atoms with Crippen LogP contribution in [0, 0.1) is 0 Å². The van der Waals surface area contributed by atoms with Crippen LogP contribution in [0.15, 0.2) is 67.0 Å². The molecule has 0 unspecified atom stereocenters. The molecule has 2 aromatic heterocycles. The maximum absolute atomic E-state index is 4.91. The van der Waals surface area contributed by atoms with Gasteiger partial charge in [0.05, 0.1) is 5.52 Å². The van der Waals surface area contributed by atoms with Gasteiger partial charge in [-0.1, -0.05) is 36.4 Å². The van der Waals surface area contributed by atoms with Crippen molar-refractivity contribution >= 4 is 28.5 Å². The molecule has 0 N–H and O–H groups in total. The molecular weight excluding hydrogens is 354 g/mol. The van der Waals surface area contributed by atoms with Crippen molar-refractivity contribution in [2.75, 3.05) is 29.5 Å². The van der Waals surface area contributed by atoms with E-state index in [-0.39, 0.29) is 0 Å². The smallest absolute Gasteiger partial charge is 0.253 e. The Morgan fingerprint density at radius 1 is 0.852 bits per heavy atom. The van der Waals surface area contributed by atoms with Crippen LogP contribution in [0.2, 0.25) is 0 Å². The van der Waals surface area contributed by atoms with Crippen LogP contribution in [0.4, 0.5) is 5.82 Å². The zero-order valence-electron chi connectivity index (χ0n) is 14.8. The highest BCUT2D eigenvalue weighted by Gasteiger charge is 2.18. The largest absolute Gasteiger partial charge is 0.354 e. The van der Waals surface area contributed by atoms with Crippen molar-refractivity contribution in [3.8, 4) is 17.1 Å². The summed E-state index contributed by atoms with van der Waals surface area (Å²) in [5.74, 6) is 3.87. The van der Waals surface area contributed by atoms with Gasteiger partial charge in [0.15, 0.2) is 0 Å². The third-order valence-electron chi connectivity index (χ3n) is 4.79. The first kappa shape index (κ1) is 16.3. The molecule has 6 heteroatoms. The minimum atomic E-state index is 0.619. The summed E-state index contributed by atoms with van der Waals surface area (Å²) in [5.41, 5.74) is 3.34. The molecule has 0 atom stereocenters. The molecule has 1 aliphatic heterocycles. The number of anilines is 1. The Labute approximate surface area is 162 Å². The van der Waals surface area contributed by atoms with E-state index in [4.69, 9.17) is 9.97 Å². The van der Waals surface area contributed by atoms with Gasteiger partial charge >= 0.3 is 0 Å². The van der Waals surface area contributed by atoms with Gasteiger partial charge in [-0.05, 0) is 29.3 Å². The monoisotopic (exact) mass is 373 g/mol. The van der Waals surface area contributed by atoms with Gasteiger partial charge in [0.25, 0.3) is 5.95 Å². The van der Waals surface area contributed by atoms with E-state index in [0.29, 0.717) is 5.95 Å². The van der Waals surface area contributed by atoms with Crippen LogP contribution >= 0.6 is 11.8 Å². The third kappa shape index (κ3) is 3.17. The summed E-state index contributed by atoms with van der Waals surface area (Å²) in [6.45, 7) is 2.01. The Morgan fingerprint density at radius 3 is 2.48 bits per heavy atom. The lowest BCUT2D eigenvalue weighted by Crippen LogP contribution is -2.33. The number of fused-ring (bicyclic) bond motifs is 1. The lowest BCUT2D eigenvalue weighted by Gasteiger charge is -2.28. The number of hydrogen-bond acceptors (Lipinski definition) is 5. The first-order valence-corrected chi connectivity index (χ1v) is 10.2. The SMILES string of the molecule is c1ccc(-c2ccc3nc(-n4cccn4)nc(N4CCSCC4)c3c2)cc1. The fourth-order valence-corrected chi connectivity index (χ4v) is 4.32. The molecule has 1 aliphatic rings. The Bertz CT molecular complexity index is 1060. The Hall–Kier alpha value is -2.86. The van der Waals surface area contributed by atoms with Gasteiger partial charge < -0.3 is 4.90 Å². The molecule has 2 aromatic carbocycles. The Morgan fingerprint density at radius 2 is 1.70 bits per heavy atom. The summed E-state index contributed by atoms with van der Waals surface area (Å²) in [4.78, 5) is 12.1. The third-order valence-corrected chi connectivity index (χ3v) is 5.73. The fraction of sp³-hybridized carbons (Fsp3) is 0.190. The second kappa shape index (κ2) is 7.04. The number of aromatic nitrogens is 4. The van der Waals surface area contributed by atoms with Gasteiger partial charge in [-0.15, -0.1) is 0 Å². The molecule has 5 rings (SSSR count). The topological polar surface area (TPSA) is 46.8 Å². The molecule has 27 heavy (non-hydrogen) atoms. The van der Waals surface area contributed by atoms with Crippen LogP contribution in [-0.4, -0.2) is 44.3 Å². The Balaban J connectivity index is 1.70. The Kier molecular flexibility index (Phi) is 4.26. The quantitative estimate of drug-likeness (QED) is 0.542. The van der Waals surface area contributed by atoms with E-state index in [9.17, 15) is 0 Å². The molecule has 0 radical (unpaired) electrons. The molecule has 3 heterocycles. The summed E-state index contributed by atoms with van der Waals surface area (Å²) in [6, 6.07) is 18.8. The van der Waals surface area contributed by atoms with Crippen LogP contribution in [0.1, 0.15) is 0 Å². The van der Waals surface area contributed by atoms with E-state index in [1.165, 1.54) is 11.1 Å². The summed E-state index contributed by atoms with van der Waals surface area (Å²) >= 11 is 2.00. The highest BCUT2D eigenvalue weighted by atomic mass is 32.2. The van der Waals surface area contributed by atoms with Gasteiger partial charge in [0.1, 0.15) is 5.82 Å². The second-order valence-corrected chi connectivity index (χ2v) is 7.72. The molecule has 0 spiro atoms. The molecular formula is C21H19N5S. The van der Waals surface area contributed by atoms with Crippen LogP contribution in [0.5, 0.6) is 0 Å². The van der Waals surface area contributed by atoms with Crippen molar-refractivity contribution in [2.45, 2.75) is 0 Å². The lowest BCUT2D eigenvalue weighted by atomic mass is 10.0. The maximum atomic E-state index is 4.91. The minimum Gasteiger partial charge on any atom is -0.354 e. The van der Waals surface area contributed by atoms with Crippen LogP contribution in [0.25, 0.3) is 28.0 Å². The zero-order valence-corrected chi connectivity index (χ0v) is 15.6. The normalized spacial score (nSPS) is 14.6. The summed E-state index contributed by atoms with van der Waals surface area (Å²) in [7, 11) is 0. The fourth-order valence-electron chi connectivity index (χ4n) is 3.42. The first-order chi connectivity index (χ1) is 13.4. The molecule has 1 fully saturated rings. The average molecular weight is 373 g/mol. The number of benzene rings is 2. The van der Waals surface area contributed by atoms with Crippen molar-refractivity contribution < 1.29 is 0 Å².